The lowest BCUT2D eigenvalue weighted by Crippen LogP contribution is -2.00. The molecule has 5 rings (SSSR count). The monoisotopic (exact) mass is 370 g/mol. The summed E-state index contributed by atoms with van der Waals surface area (Å²) in [6.07, 6.45) is 15.7. The van der Waals surface area contributed by atoms with Gasteiger partial charge in [0, 0.05) is 36.3 Å². The molecule has 1 aromatic carbocycles. The fraction of sp³-hybridized carbons (Fsp3) is 0.143. The summed E-state index contributed by atoms with van der Waals surface area (Å²) in [4.78, 5) is 13.5. The van der Waals surface area contributed by atoms with Crippen molar-refractivity contribution in [1.82, 2.24) is 14.4 Å². The Morgan fingerprint density at radius 1 is 1.21 bits per heavy atom. The number of aryl methyl sites for hydroxylation is 1. The van der Waals surface area contributed by atoms with Crippen molar-refractivity contribution < 1.29 is 5.21 Å². The lowest BCUT2D eigenvalue weighted by Gasteiger charge is -2.10. The van der Waals surface area contributed by atoms with Crippen molar-refractivity contribution >= 4 is 34.8 Å². The molecule has 1 aliphatic carbocycles. The maximum atomic E-state index is 9.14. The van der Waals surface area contributed by atoms with E-state index >= 15 is 0 Å². The summed E-state index contributed by atoms with van der Waals surface area (Å²) >= 11 is 0. The third kappa shape index (κ3) is 2.77. The van der Waals surface area contributed by atoms with Crippen molar-refractivity contribution in [3.63, 3.8) is 0 Å². The van der Waals surface area contributed by atoms with Crippen LogP contribution in [-0.4, -0.2) is 31.5 Å². The Balaban J connectivity index is 1.60. The number of allylic oxidation sites excluding steroid dienone is 3. The molecule has 7 heteroatoms. The molecule has 0 saturated heterocycles. The van der Waals surface area contributed by atoms with Gasteiger partial charge in [-0.15, -0.1) is 0 Å². The van der Waals surface area contributed by atoms with Gasteiger partial charge in [0.1, 0.15) is 11.5 Å². The second kappa shape index (κ2) is 6.77. The van der Waals surface area contributed by atoms with Crippen LogP contribution in [0.1, 0.15) is 29.7 Å². The van der Waals surface area contributed by atoms with Crippen LogP contribution in [0, 0.1) is 0 Å². The molecule has 1 aliphatic heterocycles. The van der Waals surface area contributed by atoms with Crippen molar-refractivity contribution in [3.8, 4) is 0 Å². The number of fused-ring (bicyclic) bond motifs is 2. The minimum absolute atomic E-state index is 0.743. The Bertz CT molecular complexity index is 1180. The van der Waals surface area contributed by atoms with Gasteiger partial charge < -0.3 is 10.5 Å². The van der Waals surface area contributed by atoms with E-state index in [1.54, 1.807) is 12.4 Å². The zero-order valence-electron chi connectivity index (χ0n) is 15.1. The van der Waals surface area contributed by atoms with Crippen molar-refractivity contribution in [3.05, 3.63) is 71.8 Å². The van der Waals surface area contributed by atoms with Crippen LogP contribution in [0.5, 0.6) is 0 Å². The molecule has 0 spiro atoms. The topological polar surface area (TPSA) is 87.2 Å². The molecule has 0 bridgehead atoms. The molecule has 0 radical (unpaired) electrons. The molecule has 7 nitrogen and oxygen atoms in total. The Labute approximate surface area is 161 Å². The number of nitrogens with zero attached hydrogens (tertiary/aromatic N) is 5. The Hall–Kier alpha value is -3.74. The summed E-state index contributed by atoms with van der Waals surface area (Å²) in [6.45, 7) is 0. The largest absolute Gasteiger partial charge is 0.411 e. The number of aromatic nitrogens is 3. The molecule has 2 aliphatic rings. The van der Waals surface area contributed by atoms with Crippen LogP contribution in [0.2, 0.25) is 0 Å². The predicted octanol–water partition coefficient (Wildman–Crippen LogP) is 3.97. The second-order valence-electron chi connectivity index (χ2n) is 6.68. The van der Waals surface area contributed by atoms with Gasteiger partial charge in [0.15, 0.2) is 5.65 Å². The van der Waals surface area contributed by atoms with Crippen LogP contribution < -0.4 is 5.32 Å². The summed E-state index contributed by atoms with van der Waals surface area (Å²) in [7, 11) is 0. The molecule has 0 amide bonds. The highest BCUT2D eigenvalue weighted by Crippen LogP contribution is 2.31. The molecule has 3 aromatic rings. The predicted molar refractivity (Wildman–Crippen MR) is 110 cm³/mol. The molecule has 0 fully saturated rings. The van der Waals surface area contributed by atoms with Crippen molar-refractivity contribution in [2.75, 3.05) is 5.32 Å². The number of aliphatic imine (C=N–C) groups is 1. The first-order valence-corrected chi connectivity index (χ1v) is 9.16. The maximum Gasteiger partial charge on any atom is 0.157 e. The summed E-state index contributed by atoms with van der Waals surface area (Å²) in [6, 6.07) is 6.09. The number of hydrogen-bond donors (Lipinski definition) is 2. The zero-order valence-corrected chi connectivity index (χ0v) is 15.1. The van der Waals surface area contributed by atoms with Crippen LogP contribution in [-0.2, 0) is 6.42 Å². The third-order valence-corrected chi connectivity index (χ3v) is 4.97. The van der Waals surface area contributed by atoms with Gasteiger partial charge in [0.25, 0.3) is 0 Å². The standard InChI is InChI=1S/C21H18N6O/c28-26-17-8-5-14-12-15(6-7-16(14)17)24-21-20(18-4-2-1-3-9-23-18)25-19-13-22-10-11-27(19)21/h1-2,4,6-7,9-13,24,28H,3,5,8H2/b26-17+. The van der Waals surface area contributed by atoms with E-state index in [1.165, 1.54) is 5.56 Å². The van der Waals surface area contributed by atoms with E-state index in [-0.39, 0.29) is 0 Å². The minimum Gasteiger partial charge on any atom is -0.411 e. The van der Waals surface area contributed by atoms with Gasteiger partial charge in [-0.05, 0) is 36.6 Å². The molecule has 138 valence electrons. The first kappa shape index (κ1) is 16.4. The van der Waals surface area contributed by atoms with Gasteiger partial charge in [-0.1, -0.05) is 23.4 Å². The number of benzene rings is 1. The summed E-state index contributed by atoms with van der Waals surface area (Å²) in [5, 5.41) is 16.1. The molecular formula is C21H18N6O. The highest BCUT2D eigenvalue weighted by molar-refractivity contribution is 6.04. The molecule has 2 N–H and O–H groups in total. The number of nitrogens with one attached hydrogen (secondary N) is 1. The third-order valence-electron chi connectivity index (χ3n) is 4.97. The quantitative estimate of drug-likeness (QED) is 0.539. The van der Waals surface area contributed by atoms with Gasteiger partial charge >= 0.3 is 0 Å². The fourth-order valence-corrected chi connectivity index (χ4v) is 3.63. The Morgan fingerprint density at radius 3 is 3.11 bits per heavy atom. The Morgan fingerprint density at radius 2 is 2.18 bits per heavy atom. The molecule has 2 aromatic heterocycles. The number of anilines is 2. The van der Waals surface area contributed by atoms with Gasteiger partial charge in [-0.2, -0.15) is 0 Å². The molecule has 0 atom stereocenters. The summed E-state index contributed by atoms with van der Waals surface area (Å²) in [5.74, 6) is 0.838. The Kier molecular flexibility index (Phi) is 3.97. The van der Waals surface area contributed by atoms with Gasteiger partial charge in [-0.3, -0.25) is 14.4 Å². The highest BCUT2D eigenvalue weighted by Gasteiger charge is 2.20. The summed E-state index contributed by atoms with van der Waals surface area (Å²) < 4.78 is 1.97. The average Bonchev–Trinajstić information content (AvgIpc) is 3.18. The van der Waals surface area contributed by atoms with Gasteiger partial charge in [0.2, 0.25) is 0 Å². The fourth-order valence-electron chi connectivity index (χ4n) is 3.63. The van der Waals surface area contributed by atoms with Gasteiger partial charge in [0.05, 0.1) is 17.6 Å². The van der Waals surface area contributed by atoms with Crippen molar-refractivity contribution in [2.24, 2.45) is 10.1 Å². The van der Waals surface area contributed by atoms with Crippen LogP contribution in [0.3, 0.4) is 0 Å². The van der Waals surface area contributed by atoms with Crippen molar-refractivity contribution in [1.29, 1.82) is 0 Å². The lowest BCUT2D eigenvalue weighted by atomic mass is 10.1. The van der Waals surface area contributed by atoms with E-state index in [4.69, 9.17) is 10.2 Å². The normalized spacial score (nSPS) is 17.0. The number of oxime groups is 1. The maximum absolute atomic E-state index is 9.14. The van der Waals surface area contributed by atoms with E-state index in [0.29, 0.717) is 0 Å². The first-order chi connectivity index (χ1) is 13.8. The number of imidazole rings is 1. The minimum atomic E-state index is 0.743. The van der Waals surface area contributed by atoms with Crippen LogP contribution in [0.25, 0.3) is 11.3 Å². The van der Waals surface area contributed by atoms with Gasteiger partial charge in [-0.25, -0.2) is 4.98 Å². The molecule has 0 unspecified atom stereocenters. The molecule has 0 saturated carbocycles. The molecule has 28 heavy (non-hydrogen) atoms. The highest BCUT2D eigenvalue weighted by atomic mass is 16.4. The van der Waals surface area contributed by atoms with E-state index in [1.807, 2.05) is 41.1 Å². The van der Waals surface area contributed by atoms with Crippen LogP contribution >= 0.6 is 0 Å². The first-order valence-electron chi connectivity index (χ1n) is 9.16. The smallest absolute Gasteiger partial charge is 0.157 e. The SMILES string of the molecule is O/N=C1\CCc2cc(Nc3c(C4=CC=CCC=N4)nc4cnccn34)ccc21. The average molecular weight is 370 g/mol. The van der Waals surface area contributed by atoms with Crippen molar-refractivity contribution in [2.45, 2.75) is 19.3 Å². The van der Waals surface area contributed by atoms with E-state index in [2.05, 4.69) is 32.6 Å². The number of hydrogen-bond acceptors (Lipinski definition) is 6. The van der Waals surface area contributed by atoms with Crippen LogP contribution in [0.4, 0.5) is 11.5 Å². The molecule has 3 heterocycles. The van der Waals surface area contributed by atoms with E-state index < -0.39 is 0 Å². The van der Waals surface area contributed by atoms with E-state index in [9.17, 15) is 0 Å². The second-order valence-corrected chi connectivity index (χ2v) is 6.68. The van der Waals surface area contributed by atoms with Crippen LogP contribution in [0.15, 0.2) is 65.2 Å². The lowest BCUT2D eigenvalue weighted by molar-refractivity contribution is 0.318. The summed E-state index contributed by atoms with van der Waals surface area (Å²) in [5.41, 5.74) is 6.20. The van der Waals surface area contributed by atoms with E-state index in [0.717, 1.165) is 59.1 Å². The number of rotatable bonds is 3. The zero-order chi connectivity index (χ0) is 18.9. The molecular weight excluding hydrogens is 352 g/mol.